The van der Waals surface area contributed by atoms with Crippen LogP contribution in [0.3, 0.4) is 0 Å². The van der Waals surface area contributed by atoms with Crippen molar-refractivity contribution in [2.45, 2.75) is 25.9 Å². The Kier molecular flexibility index (Phi) is 5.91. The number of ether oxygens (including phenoxy) is 1. The van der Waals surface area contributed by atoms with Crippen LogP contribution in [0.25, 0.3) is 6.08 Å². The Morgan fingerprint density at radius 3 is 2.67 bits per heavy atom. The molecule has 3 rings (SSSR count). The van der Waals surface area contributed by atoms with Crippen LogP contribution in [0, 0.1) is 0 Å². The molecular formula is C22H24N2O3. The number of hydrogen-bond acceptors (Lipinski definition) is 3. The first-order valence-corrected chi connectivity index (χ1v) is 9.05. The highest BCUT2D eigenvalue weighted by Crippen LogP contribution is 2.23. The number of rotatable bonds is 4. The Labute approximate surface area is 159 Å². The van der Waals surface area contributed by atoms with E-state index < -0.39 is 0 Å². The lowest BCUT2D eigenvalue weighted by molar-refractivity contribution is -0.117. The van der Waals surface area contributed by atoms with Gasteiger partial charge in [-0.3, -0.25) is 4.79 Å². The van der Waals surface area contributed by atoms with Crippen LogP contribution < -0.4 is 5.32 Å². The van der Waals surface area contributed by atoms with E-state index in [2.05, 4.69) is 17.4 Å². The Balaban J connectivity index is 1.65. The molecule has 0 saturated carbocycles. The van der Waals surface area contributed by atoms with Gasteiger partial charge in [0.25, 0.3) is 0 Å². The second-order valence-electron chi connectivity index (χ2n) is 6.64. The third-order valence-corrected chi connectivity index (χ3v) is 4.76. The maximum atomic E-state index is 12.2. The number of hydrogen-bond donors (Lipinski definition) is 1. The van der Waals surface area contributed by atoms with E-state index >= 15 is 0 Å². The van der Waals surface area contributed by atoms with Crippen molar-refractivity contribution in [2.24, 2.45) is 0 Å². The summed E-state index contributed by atoms with van der Waals surface area (Å²) in [6, 6.07) is 15.8. The van der Waals surface area contributed by atoms with Crippen LogP contribution in [0.15, 0.2) is 54.6 Å². The molecule has 0 radical (unpaired) electrons. The smallest absolute Gasteiger partial charge is 0.409 e. The summed E-state index contributed by atoms with van der Waals surface area (Å²) in [7, 11) is 1.40. The molecule has 0 spiro atoms. The van der Waals surface area contributed by atoms with Crippen molar-refractivity contribution in [3.05, 3.63) is 76.9 Å². The van der Waals surface area contributed by atoms with Gasteiger partial charge in [-0.25, -0.2) is 4.79 Å². The molecule has 2 amide bonds. The lowest BCUT2D eigenvalue weighted by atomic mass is 9.95. The predicted octanol–water partition coefficient (Wildman–Crippen LogP) is 3.70. The van der Waals surface area contributed by atoms with Gasteiger partial charge in [0, 0.05) is 19.2 Å². The number of fused-ring (bicyclic) bond motifs is 1. The molecule has 1 aliphatic rings. The Bertz CT molecular complexity index is 846. The quantitative estimate of drug-likeness (QED) is 0.842. The van der Waals surface area contributed by atoms with Gasteiger partial charge in [0.1, 0.15) is 0 Å². The molecule has 0 fully saturated rings. The molecule has 1 atom stereocenters. The molecule has 0 aromatic heterocycles. The van der Waals surface area contributed by atoms with Gasteiger partial charge in [0.2, 0.25) is 5.91 Å². The predicted molar refractivity (Wildman–Crippen MR) is 105 cm³/mol. The van der Waals surface area contributed by atoms with E-state index in [0.717, 1.165) is 23.1 Å². The van der Waals surface area contributed by atoms with Crippen LogP contribution in [0.4, 0.5) is 4.79 Å². The fraction of sp³-hybridized carbons (Fsp3) is 0.273. The van der Waals surface area contributed by atoms with Crippen LogP contribution in [-0.2, 0) is 22.5 Å². The first-order valence-electron chi connectivity index (χ1n) is 9.05. The molecule has 2 aromatic carbocycles. The molecule has 2 aromatic rings. The van der Waals surface area contributed by atoms with E-state index in [1.54, 1.807) is 17.1 Å². The minimum Gasteiger partial charge on any atom is -0.453 e. The highest BCUT2D eigenvalue weighted by Gasteiger charge is 2.22. The van der Waals surface area contributed by atoms with E-state index in [4.69, 9.17) is 4.74 Å². The summed E-state index contributed by atoms with van der Waals surface area (Å²) in [6.07, 6.45) is 3.84. The first-order chi connectivity index (χ1) is 13.1. The number of nitrogens with zero attached hydrogens (tertiary/aromatic N) is 1. The van der Waals surface area contributed by atoms with E-state index in [-0.39, 0.29) is 18.0 Å². The molecule has 1 N–H and O–H groups in total. The largest absolute Gasteiger partial charge is 0.453 e. The Hall–Kier alpha value is -3.08. The van der Waals surface area contributed by atoms with Crippen LogP contribution in [-0.4, -0.2) is 30.6 Å². The zero-order valence-corrected chi connectivity index (χ0v) is 15.6. The van der Waals surface area contributed by atoms with E-state index in [9.17, 15) is 9.59 Å². The summed E-state index contributed by atoms with van der Waals surface area (Å²) in [5.41, 5.74) is 4.34. The molecule has 1 aliphatic heterocycles. The third kappa shape index (κ3) is 4.76. The average molecular weight is 364 g/mol. The Morgan fingerprint density at radius 2 is 1.93 bits per heavy atom. The zero-order valence-electron chi connectivity index (χ0n) is 15.6. The zero-order chi connectivity index (χ0) is 19.2. The van der Waals surface area contributed by atoms with Crippen molar-refractivity contribution < 1.29 is 14.3 Å². The summed E-state index contributed by atoms with van der Waals surface area (Å²) in [4.78, 5) is 25.7. The molecule has 5 heteroatoms. The van der Waals surface area contributed by atoms with Gasteiger partial charge >= 0.3 is 6.09 Å². The van der Waals surface area contributed by atoms with Crippen molar-refractivity contribution >= 4 is 18.1 Å². The maximum Gasteiger partial charge on any atom is 0.409 e. The second-order valence-corrected chi connectivity index (χ2v) is 6.64. The number of nitrogens with one attached hydrogen (secondary N) is 1. The fourth-order valence-corrected chi connectivity index (χ4v) is 3.21. The van der Waals surface area contributed by atoms with Gasteiger partial charge in [-0.05, 0) is 41.7 Å². The number of carbonyl (C=O) groups excluding carboxylic acids is 2. The van der Waals surface area contributed by atoms with E-state index in [1.165, 1.54) is 12.7 Å². The van der Waals surface area contributed by atoms with Crippen molar-refractivity contribution in [1.82, 2.24) is 10.2 Å². The number of amides is 2. The minimum atomic E-state index is -0.307. The van der Waals surface area contributed by atoms with Gasteiger partial charge < -0.3 is 15.0 Å². The number of methoxy groups -OCH3 is 1. The van der Waals surface area contributed by atoms with Gasteiger partial charge in [0.15, 0.2) is 0 Å². The van der Waals surface area contributed by atoms with Crippen molar-refractivity contribution in [1.29, 1.82) is 0 Å². The van der Waals surface area contributed by atoms with Crippen LogP contribution in [0.1, 0.15) is 35.2 Å². The molecule has 27 heavy (non-hydrogen) atoms. The minimum absolute atomic E-state index is 0.128. The third-order valence-electron chi connectivity index (χ3n) is 4.76. The van der Waals surface area contributed by atoms with E-state index in [1.807, 2.05) is 43.3 Å². The molecule has 0 bridgehead atoms. The van der Waals surface area contributed by atoms with Crippen molar-refractivity contribution in [3.63, 3.8) is 0 Å². The monoisotopic (exact) mass is 364 g/mol. The first kappa shape index (κ1) is 18.7. The molecule has 0 aliphatic carbocycles. The second kappa shape index (κ2) is 8.54. The Morgan fingerprint density at radius 1 is 1.15 bits per heavy atom. The van der Waals surface area contributed by atoms with Gasteiger partial charge in [0.05, 0.1) is 13.2 Å². The average Bonchev–Trinajstić information content (AvgIpc) is 2.71. The van der Waals surface area contributed by atoms with Gasteiger partial charge in [-0.15, -0.1) is 0 Å². The number of benzene rings is 2. The maximum absolute atomic E-state index is 12.2. The summed E-state index contributed by atoms with van der Waals surface area (Å²) in [5.74, 6) is -0.139. The standard InChI is InChI=1S/C22H24N2O3/c1-16(23-21(25)11-8-17-6-4-3-5-7-17)19-10-9-18-12-13-24(22(26)27-2)15-20(18)14-19/h3-11,14,16H,12-13,15H2,1-2H3,(H,23,25). The summed E-state index contributed by atoms with van der Waals surface area (Å²) in [5, 5.41) is 2.99. The highest BCUT2D eigenvalue weighted by molar-refractivity contribution is 5.91. The number of carbonyl (C=O) groups is 2. The van der Waals surface area contributed by atoms with Crippen molar-refractivity contribution in [2.75, 3.05) is 13.7 Å². The topological polar surface area (TPSA) is 58.6 Å². The normalized spacial score (nSPS) is 14.5. The molecule has 5 nitrogen and oxygen atoms in total. The fourth-order valence-electron chi connectivity index (χ4n) is 3.21. The molecular weight excluding hydrogens is 340 g/mol. The lowest BCUT2D eigenvalue weighted by Crippen LogP contribution is -2.36. The molecule has 1 heterocycles. The SMILES string of the molecule is COC(=O)N1CCc2ccc(C(C)NC(=O)C=Cc3ccccc3)cc2C1. The lowest BCUT2D eigenvalue weighted by Gasteiger charge is -2.28. The summed E-state index contributed by atoms with van der Waals surface area (Å²) in [6.45, 7) is 3.15. The van der Waals surface area contributed by atoms with Crippen LogP contribution in [0.2, 0.25) is 0 Å². The highest BCUT2D eigenvalue weighted by atomic mass is 16.5. The van der Waals surface area contributed by atoms with Crippen LogP contribution >= 0.6 is 0 Å². The van der Waals surface area contributed by atoms with Gasteiger partial charge in [-0.2, -0.15) is 0 Å². The molecule has 1 unspecified atom stereocenters. The van der Waals surface area contributed by atoms with E-state index in [0.29, 0.717) is 13.1 Å². The summed E-state index contributed by atoms with van der Waals surface area (Å²) < 4.78 is 4.82. The molecule has 140 valence electrons. The summed E-state index contributed by atoms with van der Waals surface area (Å²) >= 11 is 0. The van der Waals surface area contributed by atoms with Gasteiger partial charge in [-0.1, -0.05) is 48.5 Å². The molecule has 0 saturated heterocycles. The van der Waals surface area contributed by atoms with Crippen molar-refractivity contribution in [3.8, 4) is 0 Å². The van der Waals surface area contributed by atoms with Crippen LogP contribution in [0.5, 0.6) is 0 Å².